The summed E-state index contributed by atoms with van der Waals surface area (Å²) in [5, 5.41) is 10.6. The third kappa shape index (κ3) is 3.14. The highest BCUT2D eigenvalue weighted by molar-refractivity contribution is 6.06. The van der Waals surface area contributed by atoms with E-state index in [1.165, 1.54) is 48.6 Å². The van der Waals surface area contributed by atoms with Crippen LogP contribution in [0.25, 0.3) is 6.08 Å². The molecule has 20 heavy (non-hydrogen) atoms. The Bertz CT molecular complexity index is 695. The van der Waals surface area contributed by atoms with Crippen molar-refractivity contribution in [2.75, 3.05) is 0 Å². The number of non-ortho nitro benzene ring substituents is 1. The number of allylic oxidation sites excluding steroid dienone is 1. The van der Waals surface area contributed by atoms with E-state index in [0.29, 0.717) is 5.56 Å². The zero-order valence-electron chi connectivity index (χ0n) is 10.3. The van der Waals surface area contributed by atoms with Crippen molar-refractivity contribution in [3.8, 4) is 0 Å². The molecule has 0 aliphatic heterocycles. The summed E-state index contributed by atoms with van der Waals surface area (Å²) < 4.78 is 13.4. The Balaban J connectivity index is 2.21. The predicted molar refractivity (Wildman–Crippen MR) is 72.9 cm³/mol. The third-order valence-corrected chi connectivity index (χ3v) is 2.65. The summed E-state index contributed by atoms with van der Waals surface area (Å²) in [6, 6.07) is 11.5. The Hall–Kier alpha value is -2.82. The highest BCUT2D eigenvalue weighted by atomic mass is 19.1. The highest BCUT2D eigenvalue weighted by Crippen LogP contribution is 2.15. The quantitative estimate of drug-likeness (QED) is 0.369. The molecule has 100 valence electrons. The Morgan fingerprint density at radius 1 is 1.15 bits per heavy atom. The largest absolute Gasteiger partial charge is 0.289 e. The molecule has 0 radical (unpaired) electrons. The Kier molecular flexibility index (Phi) is 4.00. The molecule has 0 amide bonds. The zero-order valence-corrected chi connectivity index (χ0v) is 10.3. The fourth-order valence-corrected chi connectivity index (χ4v) is 1.66. The summed E-state index contributed by atoms with van der Waals surface area (Å²) in [7, 11) is 0. The fourth-order valence-electron chi connectivity index (χ4n) is 1.66. The molecule has 5 heteroatoms. The molecule has 0 atom stereocenters. The molecule has 0 saturated heterocycles. The van der Waals surface area contributed by atoms with E-state index in [4.69, 9.17) is 0 Å². The molecule has 0 N–H and O–H groups in total. The molecule has 0 bridgehead atoms. The van der Waals surface area contributed by atoms with Gasteiger partial charge in [0, 0.05) is 12.1 Å². The van der Waals surface area contributed by atoms with Crippen LogP contribution in [0.3, 0.4) is 0 Å². The van der Waals surface area contributed by atoms with E-state index in [9.17, 15) is 19.3 Å². The van der Waals surface area contributed by atoms with Crippen molar-refractivity contribution in [1.29, 1.82) is 0 Å². The fraction of sp³-hybridized carbons (Fsp3) is 0. The van der Waals surface area contributed by atoms with Gasteiger partial charge in [0.25, 0.3) is 5.69 Å². The number of nitrogens with zero attached hydrogens (tertiary/aromatic N) is 1. The normalized spacial score (nSPS) is 10.7. The van der Waals surface area contributed by atoms with E-state index in [1.807, 2.05) is 0 Å². The van der Waals surface area contributed by atoms with E-state index in [0.717, 1.165) is 0 Å². The number of halogens is 1. The lowest BCUT2D eigenvalue weighted by molar-refractivity contribution is -0.384. The van der Waals surface area contributed by atoms with Crippen LogP contribution >= 0.6 is 0 Å². The zero-order chi connectivity index (χ0) is 14.5. The molecule has 0 unspecified atom stereocenters. The van der Waals surface area contributed by atoms with Crippen LogP contribution in [0, 0.1) is 15.9 Å². The van der Waals surface area contributed by atoms with E-state index in [-0.39, 0.29) is 11.3 Å². The Labute approximate surface area is 114 Å². The van der Waals surface area contributed by atoms with Gasteiger partial charge in [-0.05, 0) is 23.8 Å². The number of hydrogen-bond acceptors (Lipinski definition) is 3. The van der Waals surface area contributed by atoms with E-state index in [2.05, 4.69) is 0 Å². The number of nitro benzene ring substituents is 1. The third-order valence-electron chi connectivity index (χ3n) is 2.65. The van der Waals surface area contributed by atoms with Gasteiger partial charge in [-0.25, -0.2) is 4.39 Å². The lowest BCUT2D eigenvalue weighted by Gasteiger charge is -1.97. The number of rotatable bonds is 4. The van der Waals surface area contributed by atoms with Crippen molar-refractivity contribution in [3.63, 3.8) is 0 Å². The van der Waals surface area contributed by atoms with Crippen LogP contribution in [-0.4, -0.2) is 10.7 Å². The smallest absolute Gasteiger partial charge is 0.270 e. The summed E-state index contributed by atoms with van der Waals surface area (Å²) in [4.78, 5) is 21.9. The minimum atomic E-state index is -0.596. The van der Waals surface area contributed by atoms with Gasteiger partial charge in [-0.3, -0.25) is 14.9 Å². The van der Waals surface area contributed by atoms with Crippen LogP contribution in [0.5, 0.6) is 0 Å². The average Bonchev–Trinajstić information content (AvgIpc) is 2.45. The number of carbonyl (C=O) groups excluding carboxylic acids is 1. The second-order valence-electron chi connectivity index (χ2n) is 4.03. The number of nitro groups is 1. The van der Waals surface area contributed by atoms with Crippen LogP contribution in [0.4, 0.5) is 10.1 Å². The maximum absolute atomic E-state index is 13.4. The number of hydrogen-bond donors (Lipinski definition) is 0. The topological polar surface area (TPSA) is 60.2 Å². The standard InChI is InChI=1S/C15H10FNO3/c16-14-7-2-1-6-13(14)15(18)9-8-11-4-3-5-12(10-11)17(19)20/h1-10H/b9-8+. The van der Waals surface area contributed by atoms with E-state index in [1.54, 1.807) is 12.1 Å². The average molecular weight is 271 g/mol. The van der Waals surface area contributed by atoms with Crippen molar-refractivity contribution in [1.82, 2.24) is 0 Å². The first-order chi connectivity index (χ1) is 9.58. The number of ketones is 1. The summed E-state index contributed by atoms with van der Waals surface area (Å²) in [6.07, 6.45) is 2.61. The minimum Gasteiger partial charge on any atom is -0.289 e. The van der Waals surface area contributed by atoms with Crippen LogP contribution in [-0.2, 0) is 0 Å². The van der Waals surface area contributed by atoms with Gasteiger partial charge in [0.2, 0.25) is 0 Å². The molecular weight excluding hydrogens is 261 g/mol. The van der Waals surface area contributed by atoms with Gasteiger partial charge in [0.1, 0.15) is 5.82 Å². The first-order valence-electron chi connectivity index (χ1n) is 5.79. The van der Waals surface area contributed by atoms with Gasteiger partial charge in [-0.2, -0.15) is 0 Å². The molecule has 0 spiro atoms. The molecule has 0 aromatic heterocycles. The molecule has 0 aliphatic rings. The molecular formula is C15H10FNO3. The van der Waals surface area contributed by atoms with Crippen LogP contribution < -0.4 is 0 Å². The monoisotopic (exact) mass is 271 g/mol. The first-order valence-corrected chi connectivity index (χ1v) is 5.79. The lowest BCUT2D eigenvalue weighted by Crippen LogP contribution is -1.97. The second kappa shape index (κ2) is 5.88. The minimum absolute atomic E-state index is 0.0332. The molecule has 0 fully saturated rings. The van der Waals surface area contributed by atoms with Crippen molar-refractivity contribution in [2.45, 2.75) is 0 Å². The van der Waals surface area contributed by atoms with Crippen LogP contribution in [0.1, 0.15) is 15.9 Å². The molecule has 0 heterocycles. The molecule has 2 aromatic carbocycles. The van der Waals surface area contributed by atoms with E-state index < -0.39 is 16.5 Å². The molecule has 0 aliphatic carbocycles. The van der Waals surface area contributed by atoms with Crippen LogP contribution in [0.2, 0.25) is 0 Å². The lowest BCUT2D eigenvalue weighted by atomic mass is 10.1. The number of benzene rings is 2. The van der Waals surface area contributed by atoms with Crippen molar-refractivity contribution in [3.05, 3.63) is 81.7 Å². The molecule has 0 saturated carbocycles. The van der Waals surface area contributed by atoms with Crippen molar-refractivity contribution < 1.29 is 14.1 Å². The SMILES string of the molecule is O=C(/C=C/c1cccc([N+](=O)[O-])c1)c1ccccc1F. The Morgan fingerprint density at radius 3 is 2.60 bits per heavy atom. The Morgan fingerprint density at radius 2 is 1.90 bits per heavy atom. The van der Waals surface area contributed by atoms with Crippen molar-refractivity contribution in [2.24, 2.45) is 0 Å². The van der Waals surface area contributed by atoms with Gasteiger partial charge < -0.3 is 0 Å². The summed E-state index contributed by atoms with van der Waals surface area (Å²) in [6.45, 7) is 0. The van der Waals surface area contributed by atoms with Crippen molar-refractivity contribution >= 4 is 17.5 Å². The summed E-state index contributed by atoms with van der Waals surface area (Å²) in [5.74, 6) is -1.09. The van der Waals surface area contributed by atoms with Gasteiger partial charge >= 0.3 is 0 Å². The molecule has 4 nitrogen and oxygen atoms in total. The van der Waals surface area contributed by atoms with Crippen LogP contribution in [0.15, 0.2) is 54.6 Å². The first kappa shape index (κ1) is 13.6. The highest BCUT2D eigenvalue weighted by Gasteiger charge is 2.08. The van der Waals surface area contributed by atoms with Gasteiger partial charge in [-0.15, -0.1) is 0 Å². The van der Waals surface area contributed by atoms with Gasteiger partial charge in [0.05, 0.1) is 10.5 Å². The predicted octanol–water partition coefficient (Wildman–Crippen LogP) is 3.63. The summed E-state index contributed by atoms with van der Waals surface area (Å²) >= 11 is 0. The molecule has 2 rings (SSSR count). The summed E-state index contributed by atoms with van der Waals surface area (Å²) in [5.41, 5.74) is 0.406. The molecule has 2 aromatic rings. The van der Waals surface area contributed by atoms with Gasteiger partial charge in [0.15, 0.2) is 5.78 Å². The maximum Gasteiger partial charge on any atom is 0.270 e. The maximum atomic E-state index is 13.4. The van der Waals surface area contributed by atoms with E-state index >= 15 is 0 Å². The second-order valence-corrected chi connectivity index (χ2v) is 4.03. The van der Waals surface area contributed by atoms with Gasteiger partial charge in [-0.1, -0.05) is 30.3 Å². The number of carbonyl (C=O) groups is 1.